The topological polar surface area (TPSA) is 35.5 Å². The van der Waals surface area contributed by atoms with Crippen molar-refractivity contribution < 1.29 is 14.0 Å². The summed E-state index contributed by atoms with van der Waals surface area (Å²) in [5.41, 5.74) is 0. The molecule has 0 N–H and O–H groups in total. The highest BCUT2D eigenvalue weighted by Crippen LogP contribution is 2.38. The summed E-state index contributed by atoms with van der Waals surface area (Å²) < 4.78 is 11.9. The van der Waals surface area contributed by atoms with Gasteiger partial charge in [-0.2, -0.15) is 0 Å². The lowest BCUT2D eigenvalue weighted by Gasteiger charge is -2.39. The predicted octanol–water partition coefficient (Wildman–Crippen LogP) is 4.34. The first-order valence-electron chi connectivity index (χ1n) is 7.34. The molecule has 0 bridgehead atoms. The minimum absolute atomic E-state index is 0.0674. The molecule has 0 amide bonds. The van der Waals surface area contributed by atoms with Gasteiger partial charge in [0.25, 0.3) is 0 Å². The molecule has 0 aliphatic carbocycles. The van der Waals surface area contributed by atoms with Crippen LogP contribution in [0.1, 0.15) is 47.0 Å². The van der Waals surface area contributed by atoms with Gasteiger partial charge in [0.2, 0.25) is 0 Å². The molecule has 0 spiro atoms. The van der Waals surface area contributed by atoms with Gasteiger partial charge in [0.15, 0.2) is 8.32 Å². The normalized spacial score (nSPS) is 15.8. The molecule has 3 nitrogen and oxygen atoms in total. The van der Waals surface area contributed by atoms with Gasteiger partial charge in [0.05, 0.1) is 12.2 Å². The van der Waals surface area contributed by atoms with Crippen LogP contribution in [0.25, 0.3) is 0 Å². The standard InChI is InChI=1S/C16H32O3Si/c1-9-10-14(12-15(18-6)11-13(2)17)19-20(7,8)16(3,4)5/h9,14-15H,1,10-12H2,2-8H3/t14-,15-/m1/s1. The number of hydrogen-bond donors (Lipinski definition) is 0. The summed E-state index contributed by atoms with van der Waals surface area (Å²) in [6.45, 7) is 16.6. The lowest BCUT2D eigenvalue weighted by molar-refractivity contribution is -0.119. The van der Waals surface area contributed by atoms with Crippen molar-refractivity contribution in [1.29, 1.82) is 0 Å². The third kappa shape index (κ3) is 6.82. The van der Waals surface area contributed by atoms with Crippen LogP contribution in [0.5, 0.6) is 0 Å². The van der Waals surface area contributed by atoms with E-state index in [2.05, 4.69) is 40.4 Å². The van der Waals surface area contributed by atoms with Gasteiger partial charge in [-0.3, -0.25) is 4.79 Å². The molecule has 118 valence electrons. The van der Waals surface area contributed by atoms with E-state index in [1.807, 2.05) is 6.08 Å². The fraction of sp³-hybridized carbons (Fsp3) is 0.812. The van der Waals surface area contributed by atoms with Crippen molar-refractivity contribution in [3.05, 3.63) is 12.7 Å². The van der Waals surface area contributed by atoms with Crippen molar-refractivity contribution in [1.82, 2.24) is 0 Å². The molecule has 0 rings (SSSR count). The Bertz CT molecular complexity index is 318. The molecule has 0 heterocycles. The Hall–Kier alpha value is -0.453. The van der Waals surface area contributed by atoms with E-state index in [1.165, 1.54) is 0 Å². The van der Waals surface area contributed by atoms with E-state index in [4.69, 9.17) is 9.16 Å². The number of ketones is 1. The van der Waals surface area contributed by atoms with Crippen LogP contribution in [0.3, 0.4) is 0 Å². The first kappa shape index (κ1) is 19.5. The molecule has 0 aliphatic rings. The second-order valence-electron chi connectivity index (χ2n) is 7.02. The van der Waals surface area contributed by atoms with E-state index in [-0.39, 0.29) is 23.0 Å². The van der Waals surface area contributed by atoms with Crippen molar-refractivity contribution >= 4 is 14.1 Å². The first-order chi connectivity index (χ1) is 9.03. The SMILES string of the molecule is C=CC[C@H](C[C@@H](CC(C)=O)OC)O[Si](C)(C)C(C)(C)C. The Morgan fingerprint density at radius 2 is 1.85 bits per heavy atom. The van der Waals surface area contributed by atoms with Crippen molar-refractivity contribution in [2.45, 2.75) is 77.3 Å². The highest BCUT2D eigenvalue weighted by molar-refractivity contribution is 6.74. The van der Waals surface area contributed by atoms with Crippen molar-refractivity contribution in [2.75, 3.05) is 7.11 Å². The third-order valence-corrected chi connectivity index (χ3v) is 8.61. The number of methoxy groups -OCH3 is 1. The average molecular weight is 301 g/mol. The van der Waals surface area contributed by atoms with Crippen LogP contribution in [0.2, 0.25) is 18.1 Å². The molecule has 0 radical (unpaired) electrons. The second-order valence-corrected chi connectivity index (χ2v) is 11.8. The molecular formula is C16H32O3Si. The lowest BCUT2D eigenvalue weighted by atomic mass is 10.0. The number of carbonyl (C=O) groups is 1. The Morgan fingerprint density at radius 1 is 1.30 bits per heavy atom. The number of hydrogen-bond acceptors (Lipinski definition) is 3. The number of Topliss-reactive ketones (excluding diaryl/α,β-unsaturated/α-hetero) is 1. The summed E-state index contributed by atoms with van der Waals surface area (Å²) in [6, 6.07) is 0. The highest BCUT2D eigenvalue weighted by Gasteiger charge is 2.39. The van der Waals surface area contributed by atoms with Crippen molar-refractivity contribution in [2.24, 2.45) is 0 Å². The molecule has 0 unspecified atom stereocenters. The van der Waals surface area contributed by atoms with Gasteiger partial charge in [-0.15, -0.1) is 6.58 Å². The zero-order valence-corrected chi connectivity index (χ0v) is 15.3. The van der Waals surface area contributed by atoms with E-state index in [0.29, 0.717) is 6.42 Å². The lowest BCUT2D eigenvalue weighted by Crippen LogP contribution is -2.44. The average Bonchev–Trinajstić information content (AvgIpc) is 2.25. The summed E-state index contributed by atoms with van der Waals surface area (Å²) >= 11 is 0. The van der Waals surface area contributed by atoms with Gasteiger partial charge in [-0.05, 0) is 37.9 Å². The van der Waals surface area contributed by atoms with Gasteiger partial charge in [0.1, 0.15) is 5.78 Å². The number of carbonyl (C=O) groups excluding carboxylic acids is 1. The molecule has 0 fully saturated rings. The second kappa shape index (κ2) is 8.10. The van der Waals surface area contributed by atoms with Crippen LogP contribution >= 0.6 is 0 Å². The molecule has 2 atom stereocenters. The number of rotatable bonds is 9. The van der Waals surface area contributed by atoms with Crippen molar-refractivity contribution in [3.8, 4) is 0 Å². The van der Waals surface area contributed by atoms with E-state index in [1.54, 1.807) is 14.0 Å². The molecule has 20 heavy (non-hydrogen) atoms. The minimum atomic E-state index is -1.81. The maximum atomic E-state index is 11.3. The monoisotopic (exact) mass is 300 g/mol. The van der Waals surface area contributed by atoms with Gasteiger partial charge < -0.3 is 9.16 Å². The van der Waals surface area contributed by atoms with Crippen LogP contribution < -0.4 is 0 Å². The fourth-order valence-corrected chi connectivity index (χ4v) is 3.23. The van der Waals surface area contributed by atoms with Gasteiger partial charge >= 0.3 is 0 Å². The summed E-state index contributed by atoms with van der Waals surface area (Å²) in [4.78, 5) is 11.3. The summed E-state index contributed by atoms with van der Waals surface area (Å²) in [6.07, 6.45) is 3.89. The van der Waals surface area contributed by atoms with E-state index in [0.717, 1.165) is 12.8 Å². The maximum Gasteiger partial charge on any atom is 0.192 e. The molecule has 0 aliphatic heterocycles. The van der Waals surface area contributed by atoms with Gasteiger partial charge in [0, 0.05) is 13.5 Å². The predicted molar refractivity (Wildman–Crippen MR) is 87.6 cm³/mol. The number of ether oxygens (including phenoxy) is 1. The molecule has 0 saturated heterocycles. The molecule has 0 saturated carbocycles. The van der Waals surface area contributed by atoms with E-state index in [9.17, 15) is 4.79 Å². The largest absolute Gasteiger partial charge is 0.414 e. The fourth-order valence-electron chi connectivity index (χ4n) is 1.85. The van der Waals surface area contributed by atoms with Crippen LogP contribution in [0.15, 0.2) is 12.7 Å². The van der Waals surface area contributed by atoms with Crippen LogP contribution in [-0.2, 0) is 14.0 Å². The zero-order chi connectivity index (χ0) is 16.0. The zero-order valence-electron chi connectivity index (χ0n) is 14.3. The quantitative estimate of drug-likeness (QED) is 0.469. The van der Waals surface area contributed by atoms with Crippen LogP contribution in [0, 0.1) is 0 Å². The molecule has 0 aromatic rings. The smallest absolute Gasteiger partial charge is 0.192 e. The summed E-state index contributed by atoms with van der Waals surface area (Å²) in [7, 11) is -0.155. The van der Waals surface area contributed by atoms with E-state index < -0.39 is 8.32 Å². The molecule has 0 aromatic heterocycles. The van der Waals surface area contributed by atoms with Gasteiger partial charge in [-0.25, -0.2) is 0 Å². The first-order valence-corrected chi connectivity index (χ1v) is 10.2. The van der Waals surface area contributed by atoms with Crippen LogP contribution in [0.4, 0.5) is 0 Å². The van der Waals surface area contributed by atoms with Gasteiger partial charge in [-0.1, -0.05) is 26.8 Å². The molecule has 0 aromatic carbocycles. The Morgan fingerprint density at radius 3 is 2.20 bits per heavy atom. The minimum Gasteiger partial charge on any atom is -0.414 e. The summed E-state index contributed by atoms with van der Waals surface area (Å²) in [5.74, 6) is 0.154. The Balaban J connectivity index is 4.80. The summed E-state index contributed by atoms with van der Waals surface area (Å²) in [5, 5.41) is 0.176. The molecule has 4 heteroatoms. The third-order valence-electron chi connectivity index (χ3n) is 4.07. The highest BCUT2D eigenvalue weighted by atomic mass is 28.4. The Kier molecular flexibility index (Phi) is 7.92. The maximum absolute atomic E-state index is 11.3. The molecular weight excluding hydrogens is 268 g/mol. The Labute approximate surface area is 125 Å². The van der Waals surface area contributed by atoms with E-state index >= 15 is 0 Å². The van der Waals surface area contributed by atoms with Crippen molar-refractivity contribution in [3.63, 3.8) is 0 Å². The van der Waals surface area contributed by atoms with Crippen LogP contribution in [-0.4, -0.2) is 33.4 Å².